The lowest BCUT2D eigenvalue weighted by Gasteiger charge is -2.14. The van der Waals surface area contributed by atoms with Crippen molar-refractivity contribution < 1.29 is 14.7 Å². The van der Waals surface area contributed by atoms with Crippen molar-refractivity contribution in [1.82, 2.24) is 0 Å². The maximum atomic E-state index is 12.8. The maximum Gasteiger partial charge on any atom is 0.307 e. The Morgan fingerprint density at radius 3 is 2.44 bits per heavy atom. The van der Waals surface area contributed by atoms with E-state index in [2.05, 4.69) is 0 Å². The molecular formula is C21H17NO3S2. The van der Waals surface area contributed by atoms with Gasteiger partial charge in [-0.15, -0.1) is 0 Å². The molecule has 0 unspecified atom stereocenters. The van der Waals surface area contributed by atoms with Gasteiger partial charge in [-0.05, 0) is 41.8 Å². The molecule has 3 rings (SSSR count). The van der Waals surface area contributed by atoms with E-state index in [-0.39, 0.29) is 12.3 Å². The van der Waals surface area contributed by atoms with Crippen molar-refractivity contribution in [3.8, 4) is 0 Å². The van der Waals surface area contributed by atoms with Crippen molar-refractivity contribution >= 4 is 51.9 Å². The van der Waals surface area contributed by atoms with Gasteiger partial charge in [0.1, 0.15) is 0 Å². The summed E-state index contributed by atoms with van der Waals surface area (Å²) >= 11 is 6.64. The SMILES string of the molecule is CC(/C=C1\SC(=S)N(c2ccc(CC(=O)O)cc2)C1=O)=C\c1ccccc1. The Morgan fingerprint density at radius 2 is 1.81 bits per heavy atom. The zero-order chi connectivity index (χ0) is 19.4. The average molecular weight is 396 g/mol. The second kappa shape index (κ2) is 8.33. The third kappa shape index (κ3) is 4.72. The van der Waals surface area contributed by atoms with Crippen LogP contribution in [-0.4, -0.2) is 21.3 Å². The number of carbonyl (C=O) groups is 2. The molecule has 0 atom stereocenters. The normalized spacial score (nSPS) is 16.3. The largest absolute Gasteiger partial charge is 0.481 e. The van der Waals surface area contributed by atoms with Gasteiger partial charge in [-0.2, -0.15) is 0 Å². The summed E-state index contributed by atoms with van der Waals surface area (Å²) in [6, 6.07) is 16.7. The Bertz CT molecular complexity index is 947. The van der Waals surface area contributed by atoms with Crippen molar-refractivity contribution in [2.75, 3.05) is 4.90 Å². The van der Waals surface area contributed by atoms with Crippen molar-refractivity contribution in [3.05, 3.63) is 82.3 Å². The third-order valence-corrected chi connectivity index (χ3v) is 5.20. The van der Waals surface area contributed by atoms with Crippen molar-refractivity contribution in [2.45, 2.75) is 13.3 Å². The monoisotopic (exact) mass is 395 g/mol. The van der Waals surface area contributed by atoms with E-state index in [0.717, 1.165) is 11.1 Å². The first-order valence-electron chi connectivity index (χ1n) is 8.26. The lowest BCUT2D eigenvalue weighted by molar-refractivity contribution is -0.136. The van der Waals surface area contributed by atoms with Gasteiger partial charge in [0.2, 0.25) is 0 Å². The number of nitrogens with zero attached hydrogens (tertiary/aromatic N) is 1. The Labute approximate surface area is 167 Å². The number of aliphatic carboxylic acids is 1. The summed E-state index contributed by atoms with van der Waals surface area (Å²) in [5, 5.41) is 8.85. The minimum atomic E-state index is -0.892. The maximum absolute atomic E-state index is 12.8. The number of thioether (sulfide) groups is 1. The summed E-state index contributed by atoms with van der Waals surface area (Å²) < 4.78 is 0.463. The number of hydrogen-bond acceptors (Lipinski definition) is 4. The summed E-state index contributed by atoms with van der Waals surface area (Å²) in [6.45, 7) is 1.94. The highest BCUT2D eigenvalue weighted by molar-refractivity contribution is 8.27. The lowest BCUT2D eigenvalue weighted by Crippen LogP contribution is -2.27. The smallest absolute Gasteiger partial charge is 0.307 e. The summed E-state index contributed by atoms with van der Waals surface area (Å²) in [4.78, 5) is 25.6. The molecule has 1 N–H and O–H groups in total. The van der Waals surface area contributed by atoms with Crippen molar-refractivity contribution in [3.63, 3.8) is 0 Å². The van der Waals surface area contributed by atoms with Crippen LogP contribution in [-0.2, 0) is 16.0 Å². The molecule has 1 aliphatic heterocycles. The third-order valence-electron chi connectivity index (χ3n) is 3.90. The van der Waals surface area contributed by atoms with Crippen LogP contribution in [0.15, 0.2) is 71.2 Å². The van der Waals surface area contributed by atoms with E-state index < -0.39 is 5.97 Å². The van der Waals surface area contributed by atoms with Crippen LogP contribution in [0.3, 0.4) is 0 Å². The van der Waals surface area contributed by atoms with E-state index in [0.29, 0.717) is 20.5 Å². The molecule has 0 bridgehead atoms. The zero-order valence-corrected chi connectivity index (χ0v) is 16.2. The molecule has 1 aliphatic rings. The molecule has 0 radical (unpaired) electrons. The summed E-state index contributed by atoms with van der Waals surface area (Å²) in [6.07, 6.45) is 3.79. The molecule has 1 amide bonds. The first-order chi connectivity index (χ1) is 12.9. The summed E-state index contributed by atoms with van der Waals surface area (Å²) in [7, 11) is 0. The van der Waals surface area contributed by atoms with Crippen LogP contribution in [0.2, 0.25) is 0 Å². The fourth-order valence-corrected chi connectivity index (χ4v) is 4.04. The van der Waals surface area contributed by atoms with E-state index in [1.807, 2.05) is 49.4 Å². The molecule has 0 aromatic heterocycles. The predicted molar refractivity (Wildman–Crippen MR) is 114 cm³/mol. The number of anilines is 1. The van der Waals surface area contributed by atoms with E-state index >= 15 is 0 Å². The Morgan fingerprint density at radius 1 is 1.15 bits per heavy atom. The number of benzene rings is 2. The van der Waals surface area contributed by atoms with E-state index in [4.69, 9.17) is 17.3 Å². The minimum Gasteiger partial charge on any atom is -0.481 e. The Kier molecular flexibility index (Phi) is 5.88. The van der Waals surface area contributed by atoms with Gasteiger partial charge >= 0.3 is 5.97 Å². The summed E-state index contributed by atoms with van der Waals surface area (Å²) in [5.74, 6) is -1.06. The van der Waals surface area contributed by atoms with E-state index in [1.165, 1.54) is 16.7 Å². The molecule has 2 aromatic rings. The molecule has 27 heavy (non-hydrogen) atoms. The topological polar surface area (TPSA) is 57.6 Å². The fraction of sp³-hybridized carbons (Fsp3) is 0.0952. The van der Waals surface area contributed by atoms with Crippen LogP contribution >= 0.6 is 24.0 Å². The number of amides is 1. The first kappa shape index (κ1) is 19.1. The van der Waals surface area contributed by atoms with Crippen molar-refractivity contribution in [2.24, 2.45) is 0 Å². The molecule has 1 heterocycles. The Hall–Kier alpha value is -2.70. The highest BCUT2D eigenvalue weighted by Crippen LogP contribution is 2.35. The standard InChI is InChI=1S/C21H17NO3S2/c1-14(11-15-5-3-2-4-6-15)12-18-20(25)22(21(26)27-18)17-9-7-16(8-10-17)13-19(23)24/h2-12H,13H2,1H3,(H,23,24)/b14-11+,18-12-. The van der Waals surface area contributed by atoms with Gasteiger partial charge in [0.05, 0.1) is 17.0 Å². The van der Waals surface area contributed by atoms with E-state index in [1.54, 1.807) is 24.3 Å². The van der Waals surface area contributed by atoms with Gasteiger partial charge in [0.15, 0.2) is 4.32 Å². The van der Waals surface area contributed by atoms with Crippen LogP contribution in [0.1, 0.15) is 18.1 Å². The van der Waals surface area contributed by atoms with Crippen LogP contribution < -0.4 is 4.90 Å². The lowest BCUT2D eigenvalue weighted by atomic mass is 10.1. The molecule has 1 saturated heterocycles. The molecule has 0 spiro atoms. The molecule has 1 fully saturated rings. The van der Waals surface area contributed by atoms with Gasteiger partial charge in [-0.25, -0.2) is 0 Å². The predicted octanol–water partition coefficient (Wildman–Crippen LogP) is 4.67. The molecule has 136 valence electrons. The highest BCUT2D eigenvalue weighted by atomic mass is 32.2. The van der Waals surface area contributed by atoms with Gasteiger partial charge in [0.25, 0.3) is 5.91 Å². The second-order valence-electron chi connectivity index (χ2n) is 6.05. The van der Waals surface area contributed by atoms with Gasteiger partial charge in [-0.3, -0.25) is 14.5 Å². The molecule has 0 aliphatic carbocycles. The number of carboxylic acids is 1. The van der Waals surface area contributed by atoms with Gasteiger partial charge in [-0.1, -0.05) is 72.5 Å². The number of carboxylic acid groups (broad SMARTS) is 1. The second-order valence-corrected chi connectivity index (χ2v) is 7.73. The van der Waals surface area contributed by atoms with Crippen LogP contribution in [0.4, 0.5) is 5.69 Å². The number of hydrogen-bond donors (Lipinski definition) is 1. The number of rotatable bonds is 5. The summed E-state index contributed by atoms with van der Waals surface area (Å²) in [5.41, 5.74) is 3.34. The van der Waals surface area contributed by atoms with Crippen LogP contribution in [0, 0.1) is 0 Å². The van der Waals surface area contributed by atoms with Crippen molar-refractivity contribution in [1.29, 1.82) is 0 Å². The molecule has 6 heteroatoms. The molecular weight excluding hydrogens is 378 g/mol. The average Bonchev–Trinajstić information content (AvgIpc) is 2.89. The number of thiocarbonyl (C=S) groups is 1. The van der Waals surface area contributed by atoms with Gasteiger partial charge < -0.3 is 5.11 Å². The van der Waals surface area contributed by atoms with Crippen LogP contribution in [0.5, 0.6) is 0 Å². The first-order valence-corrected chi connectivity index (χ1v) is 9.48. The zero-order valence-electron chi connectivity index (χ0n) is 14.6. The molecule has 4 nitrogen and oxygen atoms in total. The van der Waals surface area contributed by atoms with Gasteiger partial charge in [0, 0.05) is 0 Å². The Balaban J connectivity index is 1.80. The number of allylic oxidation sites excluding steroid dienone is 2. The number of carbonyl (C=O) groups excluding carboxylic acids is 1. The fourth-order valence-electron chi connectivity index (χ4n) is 2.69. The van der Waals surface area contributed by atoms with Crippen LogP contribution in [0.25, 0.3) is 6.08 Å². The molecule has 0 saturated carbocycles. The minimum absolute atomic E-state index is 0.0535. The quantitative estimate of drug-likeness (QED) is 0.589. The highest BCUT2D eigenvalue weighted by Gasteiger charge is 2.33. The molecule has 2 aromatic carbocycles. The van der Waals surface area contributed by atoms with E-state index in [9.17, 15) is 9.59 Å².